The van der Waals surface area contributed by atoms with Crippen molar-refractivity contribution < 1.29 is 0 Å². The Bertz CT molecular complexity index is 882. The quantitative estimate of drug-likeness (QED) is 0.704. The van der Waals surface area contributed by atoms with Gasteiger partial charge in [0.15, 0.2) is 0 Å². The summed E-state index contributed by atoms with van der Waals surface area (Å²) in [6.07, 6.45) is 2.22. The molecule has 0 amide bonds. The van der Waals surface area contributed by atoms with Crippen molar-refractivity contribution in [2.45, 2.75) is 33.4 Å². The average molecular weight is 321 g/mol. The molecule has 0 saturated carbocycles. The van der Waals surface area contributed by atoms with E-state index in [1.165, 1.54) is 5.56 Å². The van der Waals surface area contributed by atoms with Crippen molar-refractivity contribution in [2.75, 3.05) is 6.54 Å². The minimum atomic E-state index is 0.000161. The third-order valence-electron chi connectivity index (χ3n) is 4.15. The lowest BCUT2D eigenvalue weighted by atomic mass is 10.1. The summed E-state index contributed by atoms with van der Waals surface area (Å²) in [7, 11) is 0. The van der Waals surface area contributed by atoms with Crippen molar-refractivity contribution >= 4 is 10.9 Å². The fourth-order valence-electron chi connectivity index (χ4n) is 2.73. The number of nitrogens with one attached hydrogen (secondary N) is 1. The van der Waals surface area contributed by atoms with Crippen LogP contribution in [0, 0.1) is 6.92 Å². The third-order valence-corrected chi connectivity index (χ3v) is 4.15. The van der Waals surface area contributed by atoms with Gasteiger partial charge in [0.1, 0.15) is 5.82 Å². The summed E-state index contributed by atoms with van der Waals surface area (Å²) in [6.45, 7) is 5.57. The maximum Gasteiger partial charge on any atom is 0.262 e. The molecule has 4 heteroatoms. The van der Waals surface area contributed by atoms with Crippen LogP contribution in [0.4, 0.5) is 0 Å². The molecule has 4 nitrogen and oxygen atoms in total. The lowest BCUT2D eigenvalue weighted by molar-refractivity contribution is 0.532. The number of rotatable bonds is 6. The molecule has 0 radical (unpaired) electrons. The van der Waals surface area contributed by atoms with Crippen LogP contribution in [0.5, 0.6) is 0 Å². The maximum atomic E-state index is 12.9. The topological polar surface area (TPSA) is 46.9 Å². The normalized spacial score (nSPS) is 11.1. The smallest absolute Gasteiger partial charge is 0.262 e. The van der Waals surface area contributed by atoms with E-state index in [2.05, 4.69) is 19.2 Å². The third kappa shape index (κ3) is 3.39. The molecule has 3 rings (SSSR count). The molecule has 0 fully saturated rings. The van der Waals surface area contributed by atoms with E-state index >= 15 is 0 Å². The van der Waals surface area contributed by atoms with Gasteiger partial charge in [-0.15, -0.1) is 0 Å². The summed E-state index contributed by atoms with van der Waals surface area (Å²) in [4.78, 5) is 17.7. The average Bonchev–Trinajstić information content (AvgIpc) is 2.61. The number of hydrogen-bond donors (Lipinski definition) is 1. The number of para-hydroxylation sites is 1. The van der Waals surface area contributed by atoms with Gasteiger partial charge in [0.25, 0.3) is 5.56 Å². The van der Waals surface area contributed by atoms with Crippen molar-refractivity contribution in [1.82, 2.24) is 14.9 Å². The minimum absolute atomic E-state index is 0.000161. The molecule has 0 spiro atoms. The predicted octanol–water partition coefficient (Wildman–Crippen LogP) is 3.72. The van der Waals surface area contributed by atoms with Gasteiger partial charge in [-0.25, -0.2) is 4.98 Å². The van der Waals surface area contributed by atoms with E-state index in [1.54, 1.807) is 4.57 Å². The standard InChI is InChI=1S/C20H23N3O/c1-3-4-13-21-14-23-19(16-11-9-15(2)10-12-16)22-18-8-6-5-7-17(18)20(23)24/h5-12,21H,3-4,13-14H2,1-2H3. The maximum absolute atomic E-state index is 12.9. The Kier molecular flexibility index (Phi) is 5.06. The molecule has 1 heterocycles. The highest BCUT2D eigenvalue weighted by atomic mass is 16.1. The molecule has 0 atom stereocenters. The van der Waals surface area contributed by atoms with Crippen molar-refractivity contribution in [1.29, 1.82) is 0 Å². The zero-order valence-corrected chi connectivity index (χ0v) is 14.2. The second-order valence-corrected chi connectivity index (χ2v) is 6.06. The number of nitrogens with zero attached hydrogens (tertiary/aromatic N) is 2. The number of hydrogen-bond acceptors (Lipinski definition) is 3. The van der Waals surface area contributed by atoms with Gasteiger partial charge < -0.3 is 0 Å². The SMILES string of the molecule is CCCCNCn1c(-c2ccc(C)cc2)nc2ccccc2c1=O. The fraction of sp³-hybridized carbons (Fsp3) is 0.300. The summed E-state index contributed by atoms with van der Waals surface area (Å²) >= 11 is 0. The number of unbranched alkanes of at least 4 members (excludes halogenated alkanes) is 1. The molecular formula is C20H23N3O. The number of fused-ring (bicyclic) bond motifs is 1. The van der Waals surface area contributed by atoms with Gasteiger partial charge in [0, 0.05) is 5.56 Å². The van der Waals surface area contributed by atoms with Gasteiger partial charge in [-0.2, -0.15) is 0 Å². The van der Waals surface area contributed by atoms with Crippen LogP contribution in [-0.2, 0) is 6.67 Å². The molecule has 0 saturated heterocycles. The zero-order valence-electron chi connectivity index (χ0n) is 14.2. The van der Waals surface area contributed by atoms with E-state index in [0.717, 1.165) is 30.5 Å². The van der Waals surface area contributed by atoms with Crippen LogP contribution in [-0.4, -0.2) is 16.1 Å². The van der Waals surface area contributed by atoms with Crippen LogP contribution in [0.25, 0.3) is 22.3 Å². The van der Waals surface area contributed by atoms with Crippen LogP contribution >= 0.6 is 0 Å². The molecule has 1 N–H and O–H groups in total. The first-order valence-corrected chi connectivity index (χ1v) is 8.48. The summed E-state index contributed by atoms with van der Waals surface area (Å²) in [5, 5.41) is 4.01. The van der Waals surface area contributed by atoms with Gasteiger partial charge >= 0.3 is 0 Å². The predicted molar refractivity (Wildman–Crippen MR) is 99.1 cm³/mol. The van der Waals surface area contributed by atoms with Gasteiger partial charge in [-0.1, -0.05) is 55.3 Å². The van der Waals surface area contributed by atoms with Crippen LogP contribution in [0.15, 0.2) is 53.3 Å². The Hall–Kier alpha value is -2.46. The molecule has 0 aliphatic carbocycles. The second kappa shape index (κ2) is 7.41. The highest BCUT2D eigenvalue weighted by molar-refractivity contribution is 5.79. The van der Waals surface area contributed by atoms with Gasteiger partial charge in [0.2, 0.25) is 0 Å². The van der Waals surface area contributed by atoms with E-state index in [4.69, 9.17) is 4.98 Å². The van der Waals surface area contributed by atoms with E-state index in [1.807, 2.05) is 48.5 Å². The first-order chi connectivity index (χ1) is 11.7. The zero-order chi connectivity index (χ0) is 16.9. The highest BCUT2D eigenvalue weighted by Crippen LogP contribution is 2.19. The molecule has 124 valence electrons. The molecule has 0 aliphatic heterocycles. The van der Waals surface area contributed by atoms with Crippen molar-refractivity contribution in [3.63, 3.8) is 0 Å². The molecule has 0 aliphatic rings. The Morgan fingerprint density at radius 1 is 1.08 bits per heavy atom. The fourth-order valence-corrected chi connectivity index (χ4v) is 2.73. The highest BCUT2D eigenvalue weighted by Gasteiger charge is 2.12. The van der Waals surface area contributed by atoms with Gasteiger partial charge in [-0.3, -0.25) is 14.7 Å². The summed E-state index contributed by atoms with van der Waals surface area (Å²) in [5.41, 5.74) is 2.89. The summed E-state index contributed by atoms with van der Waals surface area (Å²) in [6, 6.07) is 15.7. The van der Waals surface area contributed by atoms with Crippen LogP contribution in [0.3, 0.4) is 0 Å². The van der Waals surface area contributed by atoms with E-state index < -0.39 is 0 Å². The molecule has 2 aromatic carbocycles. The van der Waals surface area contributed by atoms with Crippen molar-refractivity contribution in [3.8, 4) is 11.4 Å². The number of aryl methyl sites for hydroxylation is 1. The first kappa shape index (κ1) is 16.4. The van der Waals surface area contributed by atoms with Crippen LogP contribution < -0.4 is 10.9 Å². The Labute approximate surface area is 142 Å². The molecule has 0 bridgehead atoms. The van der Waals surface area contributed by atoms with Crippen LogP contribution in [0.1, 0.15) is 25.3 Å². The van der Waals surface area contributed by atoms with E-state index in [0.29, 0.717) is 17.9 Å². The molecule has 3 aromatic rings. The minimum Gasteiger partial charge on any atom is -0.299 e. The molecule has 24 heavy (non-hydrogen) atoms. The van der Waals surface area contributed by atoms with Gasteiger partial charge in [0.05, 0.1) is 17.6 Å². The van der Waals surface area contributed by atoms with E-state index in [-0.39, 0.29) is 5.56 Å². The lowest BCUT2D eigenvalue weighted by Crippen LogP contribution is -2.30. The molecule has 0 unspecified atom stereocenters. The largest absolute Gasteiger partial charge is 0.299 e. The summed E-state index contributed by atoms with van der Waals surface area (Å²) in [5.74, 6) is 0.711. The van der Waals surface area contributed by atoms with Gasteiger partial charge in [-0.05, 0) is 32.0 Å². The lowest BCUT2D eigenvalue weighted by Gasteiger charge is -2.14. The monoisotopic (exact) mass is 321 g/mol. The van der Waals surface area contributed by atoms with Crippen molar-refractivity contribution in [2.24, 2.45) is 0 Å². The van der Waals surface area contributed by atoms with E-state index in [9.17, 15) is 4.79 Å². The summed E-state index contributed by atoms with van der Waals surface area (Å²) < 4.78 is 1.74. The number of benzene rings is 2. The van der Waals surface area contributed by atoms with Crippen LogP contribution in [0.2, 0.25) is 0 Å². The van der Waals surface area contributed by atoms with Crippen molar-refractivity contribution in [3.05, 3.63) is 64.4 Å². The molecular weight excluding hydrogens is 298 g/mol. The Morgan fingerprint density at radius 3 is 2.58 bits per heavy atom. The molecule has 1 aromatic heterocycles. The Morgan fingerprint density at radius 2 is 1.83 bits per heavy atom. The number of aromatic nitrogens is 2. The second-order valence-electron chi connectivity index (χ2n) is 6.06. The Balaban J connectivity index is 2.10. The first-order valence-electron chi connectivity index (χ1n) is 8.48.